The van der Waals surface area contributed by atoms with Gasteiger partial charge in [0.05, 0.1) is 26.4 Å². The van der Waals surface area contributed by atoms with Gasteiger partial charge in [-0.25, -0.2) is 19.6 Å². The first-order valence-corrected chi connectivity index (χ1v) is 10.8. The normalized spacial score (nSPS) is 14.7. The van der Waals surface area contributed by atoms with Crippen molar-refractivity contribution in [2.75, 3.05) is 11.1 Å². The van der Waals surface area contributed by atoms with Crippen molar-refractivity contribution in [3.05, 3.63) is 40.6 Å². The number of halogens is 1. The highest BCUT2D eigenvalue weighted by molar-refractivity contribution is 7.16. The lowest BCUT2D eigenvalue weighted by atomic mass is 10.1. The Kier molecular flexibility index (Phi) is 4.60. The molecule has 0 atom stereocenters. The summed E-state index contributed by atoms with van der Waals surface area (Å²) >= 11 is 8.04. The fourth-order valence-electron chi connectivity index (χ4n) is 3.76. The first-order chi connectivity index (χ1) is 14.1. The van der Waals surface area contributed by atoms with Crippen molar-refractivity contribution < 1.29 is 0 Å². The summed E-state index contributed by atoms with van der Waals surface area (Å²) < 4.78 is 2.71. The number of nitrogens with zero attached hydrogens (tertiary/aromatic N) is 5. The van der Waals surface area contributed by atoms with Crippen molar-refractivity contribution in [2.45, 2.75) is 38.6 Å². The highest BCUT2D eigenvalue weighted by Gasteiger charge is 2.21. The molecule has 3 aromatic heterocycles. The van der Waals surface area contributed by atoms with Crippen molar-refractivity contribution in [1.82, 2.24) is 24.7 Å². The number of aromatic nitrogens is 5. The predicted octanol–water partition coefficient (Wildman–Crippen LogP) is 4.84. The summed E-state index contributed by atoms with van der Waals surface area (Å²) in [5.41, 5.74) is 11.3. The molecule has 0 saturated heterocycles. The van der Waals surface area contributed by atoms with Crippen LogP contribution in [0.15, 0.2) is 29.9 Å². The average Bonchev–Trinajstić information content (AvgIpc) is 3.45. The van der Waals surface area contributed by atoms with Gasteiger partial charge in [-0.05, 0) is 38.0 Å². The molecule has 1 fully saturated rings. The van der Waals surface area contributed by atoms with E-state index in [0.717, 1.165) is 34.3 Å². The summed E-state index contributed by atoms with van der Waals surface area (Å²) in [6.07, 6.45) is 6.55. The lowest BCUT2D eigenvalue weighted by Gasteiger charge is -2.17. The Balaban J connectivity index is 1.68. The van der Waals surface area contributed by atoms with E-state index in [1.165, 1.54) is 12.8 Å². The standard InChI is InChI=1S/C20H20ClN7S/c1-11-6-7-28(27-11)20-16(12-8-14(21)17-15(9-12)29-10-23-17)25-19(18(22)26-20)24-13-4-2-3-5-13/h6-10,13H,2-5H2,1H3,(H2,22,26)(H,24,25). The molecule has 0 radical (unpaired) electrons. The Morgan fingerprint density at radius 2 is 2.07 bits per heavy atom. The van der Waals surface area contributed by atoms with Crippen LogP contribution in [-0.2, 0) is 0 Å². The number of benzene rings is 1. The zero-order valence-corrected chi connectivity index (χ0v) is 17.5. The molecule has 0 amide bonds. The Labute approximate surface area is 177 Å². The first-order valence-electron chi connectivity index (χ1n) is 9.58. The fourth-order valence-corrected chi connectivity index (χ4v) is 4.82. The third kappa shape index (κ3) is 3.42. The van der Waals surface area contributed by atoms with Gasteiger partial charge >= 0.3 is 0 Å². The summed E-state index contributed by atoms with van der Waals surface area (Å²) in [5.74, 6) is 1.56. The monoisotopic (exact) mass is 425 g/mol. The van der Waals surface area contributed by atoms with E-state index in [9.17, 15) is 0 Å². The van der Waals surface area contributed by atoms with Crippen LogP contribution < -0.4 is 11.1 Å². The van der Waals surface area contributed by atoms with Crippen LogP contribution in [-0.4, -0.2) is 30.8 Å². The van der Waals surface area contributed by atoms with Crippen LogP contribution in [0.4, 0.5) is 11.6 Å². The van der Waals surface area contributed by atoms with Crippen LogP contribution in [0.1, 0.15) is 31.4 Å². The number of hydrogen-bond donors (Lipinski definition) is 2. The highest BCUT2D eigenvalue weighted by Crippen LogP contribution is 2.35. The molecule has 1 aromatic carbocycles. The Morgan fingerprint density at radius 1 is 1.24 bits per heavy atom. The van der Waals surface area contributed by atoms with Crippen LogP contribution in [0.5, 0.6) is 0 Å². The molecule has 1 saturated carbocycles. The first kappa shape index (κ1) is 18.3. The third-order valence-electron chi connectivity index (χ3n) is 5.20. The maximum absolute atomic E-state index is 6.50. The zero-order valence-electron chi connectivity index (χ0n) is 15.9. The van der Waals surface area contributed by atoms with Gasteiger partial charge in [-0.3, -0.25) is 0 Å². The summed E-state index contributed by atoms with van der Waals surface area (Å²) in [7, 11) is 0. The molecule has 1 aliphatic carbocycles. The summed E-state index contributed by atoms with van der Waals surface area (Å²) in [5, 5.41) is 8.58. The second-order valence-corrected chi connectivity index (χ2v) is 8.61. The molecular formula is C20H20ClN7S. The van der Waals surface area contributed by atoms with E-state index in [1.807, 2.05) is 31.3 Å². The van der Waals surface area contributed by atoms with E-state index in [2.05, 4.69) is 20.4 Å². The largest absolute Gasteiger partial charge is 0.381 e. The smallest absolute Gasteiger partial charge is 0.182 e. The lowest BCUT2D eigenvalue weighted by Crippen LogP contribution is -2.18. The Bertz CT molecular complexity index is 1190. The van der Waals surface area contributed by atoms with Gasteiger partial charge in [0.15, 0.2) is 17.5 Å². The maximum atomic E-state index is 6.50. The van der Waals surface area contributed by atoms with Gasteiger partial charge < -0.3 is 11.1 Å². The Morgan fingerprint density at radius 3 is 2.83 bits per heavy atom. The molecule has 3 heterocycles. The van der Waals surface area contributed by atoms with E-state index >= 15 is 0 Å². The minimum absolute atomic E-state index is 0.369. The average molecular weight is 426 g/mol. The van der Waals surface area contributed by atoms with E-state index in [0.29, 0.717) is 34.2 Å². The van der Waals surface area contributed by atoms with Gasteiger partial charge in [-0.15, -0.1) is 11.3 Å². The van der Waals surface area contributed by atoms with E-state index in [-0.39, 0.29) is 0 Å². The number of aryl methyl sites for hydroxylation is 1. The number of fused-ring (bicyclic) bond motifs is 1. The second kappa shape index (κ2) is 7.27. The molecule has 3 N–H and O–H groups in total. The van der Waals surface area contributed by atoms with Crippen LogP contribution >= 0.6 is 22.9 Å². The van der Waals surface area contributed by atoms with Gasteiger partial charge in [0.25, 0.3) is 0 Å². The molecule has 5 rings (SSSR count). The molecule has 0 aliphatic heterocycles. The van der Waals surface area contributed by atoms with Crippen molar-refractivity contribution in [1.29, 1.82) is 0 Å². The number of anilines is 2. The van der Waals surface area contributed by atoms with Crippen LogP contribution in [0.25, 0.3) is 27.3 Å². The van der Waals surface area contributed by atoms with E-state index < -0.39 is 0 Å². The van der Waals surface area contributed by atoms with Gasteiger partial charge in [0, 0.05) is 17.8 Å². The third-order valence-corrected chi connectivity index (χ3v) is 6.27. The molecule has 1 aliphatic rings. The van der Waals surface area contributed by atoms with Crippen LogP contribution in [0.2, 0.25) is 5.02 Å². The topological polar surface area (TPSA) is 94.5 Å². The molecular weight excluding hydrogens is 406 g/mol. The summed E-state index contributed by atoms with van der Waals surface area (Å²) in [4.78, 5) is 13.9. The molecule has 7 nitrogen and oxygen atoms in total. The van der Waals surface area contributed by atoms with Crippen molar-refractivity contribution in [3.63, 3.8) is 0 Å². The van der Waals surface area contributed by atoms with Gasteiger partial charge in [0.2, 0.25) is 0 Å². The van der Waals surface area contributed by atoms with E-state index in [4.69, 9.17) is 22.3 Å². The lowest BCUT2D eigenvalue weighted by molar-refractivity contribution is 0.748. The molecule has 148 valence electrons. The number of hydrogen-bond acceptors (Lipinski definition) is 7. The minimum Gasteiger partial charge on any atom is -0.381 e. The number of rotatable bonds is 4. The maximum Gasteiger partial charge on any atom is 0.182 e. The highest BCUT2D eigenvalue weighted by atomic mass is 35.5. The molecule has 0 spiro atoms. The van der Waals surface area contributed by atoms with E-state index in [1.54, 1.807) is 21.5 Å². The van der Waals surface area contributed by atoms with Gasteiger partial charge in [-0.2, -0.15) is 5.10 Å². The number of nitrogens with two attached hydrogens (primary N) is 1. The zero-order chi connectivity index (χ0) is 20.0. The number of nitrogen functional groups attached to an aromatic ring is 1. The van der Waals surface area contributed by atoms with Crippen LogP contribution in [0, 0.1) is 6.92 Å². The van der Waals surface area contributed by atoms with Crippen molar-refractivity contribution in [3.8, 4) is 17.1 Å². The summed E-state index contributed by atoms with van der Waals surface area (Å²) in [6.45, 7) is 1.93. The minimum atomic E-state index is 0.369. The van der Waals surface area contributed by atoms with Gasteiger partial charge in [0.1, 0.15) is 5.69 Å². The summed E-state index contributed by atoms with van der Waals surface area (Å²) in [6, 6.07) is 6.22. The fraction of sp³-hybridized carbons (Fsp3) is 0.300. The Hall–Kier alpha value is -2.71. The predicted molar refractivity (Wildman–Crippen MR) is 118 cm³/mol. The quantitative estimate of drug-likeness (QED) is 0.486. The molecule has 0 unspecified atom stereocenters. The molecule has 9 heteroatoms. The SMILES string of the molecule is Cc1ccn(-c2nc(N)c(NC3CCCC3)nc2-c2cc(Cl)c3ncsc3c2)n1. The van der Waals surface area contributed by atoms with Gasteiger partial charge in [-0.1, -0.05) is 24.4 Å². The van der Waals surface area contributed by atoms with Crippen molar-refractivity contribution in [2.24, 2.45) is 0 Å². The van der Waals surface area contributed by atoms with Crippen LogP contribution in [0.3, 0.4) is 0 Å². The molecule has 29 heavy (non-hydrogen) atoms. The number of nitrogens with one attached hydrogen (secondary N) is 1. The molecule has 4 aromatic rings. The number of thiazole rings is 1. The second-order valence-electron chi connectivity index (χ2n) is 7.31. The van der Waals surface area contributed by atoms with Crippen molar-refractivity contribution >= 4 is 44.8 Å². The molecule has 0 bridgehead atoms.